The molecule has 0 spiro atoms. The van der Waals surface area contributed by atoms with Gasteiger partial charge in [0, 0.05) is 16.4 Å². The molecule has 148 valence electrons. The van der Waals surface area contributed by atoms with Gasteiger partial charge < -0.3 is 14.7 Å². The van der Waals surface area contributed by atoms with Crippen LogP contribution in [0.3, 0.4) is 0 Å². The van der Waals surface area contributed by atoms with Crippen molar-refractivity contribution in [3.05, 3.63) is 56.2 Å². The fourth-order valence-corrected chi connectivity index (χ4v) is 4.61. The summed E-state index contributed by atoms with van der Waals surface area (Å²) in [5.74, 6) is -1.17. The number of likely N-dealkylation sites (tertiary alicyclic amines) is 1. The second kappa shape index (κ2) is 8.37. The highest BCUT2D eigenvalue weighted by atomic mass is 35.5. The molecule has 1 saturated heterocycles. The van der Waals surface area contributed by atoms with Crippen LogP contribution in [-0.2, 0) is 9.59 Å². The van der Waals surface area contributed by atoms with Crippen LogP contribution in [0.25, 0.3) is 5.76 Å². The molecule has 1 N–H and O–H groups in total. The standard InChI is InChI=1S/C21H22ClNO4S/c1-4-5-9-23-17(20-12(2)8-10-28-20)16(19(25)21(23)26)18(24)14-11-13(22)6-7-15(14)27-3/h6-8,10-11,17,24H,4-5,9H2,1-3H3/b18-16+. The third-order valence-electron chi connectivity index (χ3n) is 4.86. The highest BCUT2D eigenvalue weighted by Gasteiger charge is 2.47. The maximum Gasteiger partial charge on any atom is 0.295 e. The number of methoxy groups -OCH3 is 1. The summed E-state index contributed by atoms with van der Waals surface area (Å²) in [5, 5.41) is 13.4. The molecule has 1 aliphatic heterocycles. The molecule has 0 bridgehead atoms. The van der Waals surface area contributed by atoms with E-state index in [-0.39, 0.29) is 11.3 Å². The first-order chi connectivity index (χ1) is 13.4. The molecule has 1 aliphatic rings. The van der Waals surface area contributed by atoms with E-state index in [1.54, 1.807) is 17.0 Å². The topological polar surface area (TPSA) is 66.8 Å². The van der Waals surface area contributed by atoms with Crippen molar-refractivity contribution in [2.75, 3.05) is 13.7 Å². The van der Waals surface area contributed by atoms with Gasteiger partial charge in [0.05, 0.1) is 24.3 Å². The number of thiophene rings is 1. The Balaban J connectivity index is 2.23. The van der Waals surface area contributed by atoms with Gasteiger partial charge in [-0.15, -0.1) is 11.3 Å². The van der Waals surface area contributed by atoms with E-state index in [1.165, 1.54) is 24.5 Å². The number of rotatable bonds is 6. The largest absolute Gasteiger partial charge is 0.507 e. The van der Waals surface area contributed by atoms with Crippen molar-refractivity contribution in [3.63, 3.8) is 0 Å². The van der Waals surface area contributed by atoms with Crippen molar-refractivity contribution in [1.29, 1.82) is 0 Å². The first-order valence-corrected chi connectivity index (χ1v) is 10.3. The average Bonchev–Trinajstić information content (AvgIpc) is 3.21. The van der Waals surface area contributed by atoms with Gasteiger partial charge >= 0.3 is 0 Å². The van der Waals surface area contributed by atoms with Crippen LogP contribution in [-0.4, -0.2) is 35.4 Å². The molecule has 1 fully saturated rings. The molecule has 28 heavy (non-hydrogen) atoms. The van der Waals surface area contributed by atoms with Crippen LogP contribution in [0.1, 0.15) is 41.8 Å². The molecule has 1 amide bonds. The number of aliphatic hydroxyl groups excluding tert-OH is 1. The van der Waals surface area contributed by atoms with Crippen LogP contribution >= 0.6 is 22.9 Å². The Morgan fingerprint density at radius 3 is 2.68 bits per heavy atom. The van der Waals surface area contributed by atoms with Crippen LogP contribution in [0.4, 0.5) is 0 Å². The van der Waals surface area contributed by atoms with Gasteiger partial charge in [0.2, 0.25) is 0 Å². The molecule has 0 radical (unpaired) electrons. The Bertz CT molecular complexity index is 950. The number of halogens is 1. The van der Waals surface area contributed by atoms with Gasteiger partial charge in [0.15, 0.2) is 0 Å². The molecule has 7 heteroatoms. The van der Waals surface area contributed by atoms with E-state index >= 15 is 0 Å². The molecule has 1 aromatic heterocycles. The Hall–Kier alpha value is -2.31. The van der Waals surface area contributed by atoms with Crippen LogP contribution in [0.2, 0.25) is 5.02 Å². The minimum atomic E-state index is -0.687. The number of ketones is 1. The summed E-state index contributed by atoms with van der Waals surface area (Å²) in [5.41, 5.74) is 1.34. The number of unbranched alkanes of at least 4 members (excludes halogenated alkanes) is 1. The number of benzene rings is 1. The minimum Gasteiger partial charge on any atom is -0.507 e. The van der Waals surface area contributed by atoms with Crippen molar-refractivity contribution < 1.29 is 19.4 Å². The normalized spacial score (nSPS) is 18.7. The van der Waals surface area contributed by atoms with Crippen molar-refractivity contribution in [1.82, 2.24) is 4.90 Å². The molecule has 5 nitrogen and oxygen atoms in total. The van der Waals surface area contributed by atoms with Gasteiger partial charge in [0.1, 0.15) is 11.5 Å². The zero-order chi connectivity index (χ0) is 20.4. The van der Waals surface area contributed by atoms with E-state index in [1.807, 2.05) is 25.3 Å². The number of amides is 1. The molecule has 2 aromatic rings. The SMILES string of the molecule is CCCCN1C(=O)C(=O)/C(=C(/O)c2cc(Cl)ccc2OC)C1c1sccc1C. The van der Waals surface area contributed by atoms with Gasteiger partial charge in [-0.2, -0.15) is 0 Å². The van der Waals surface area contributed by atoms with Crippen LogP contribution in [0.15, 0.2) is 35.2 Å². The molecule has 2 heterocycles. The maximum atomic E-state index is 12.9. The van der Waals surface area contributed by atoms with Gasteiger partial charge in [0.25, 0.3) is 11.7 Å². The molecular formula is C21H22ClNO4S. The van der Waals surface area contributed by atoms with E-state index in [0.717, 1.165) is 23.3 Å². The number of aliphatic hydroxyl groups is 1. The van der Waals surface area contributed by atoms with E-state index in [0.29, 0.717) is 22.9 Å². The summed E-state index contributed by atoms with van der Waals surface area (Å²) in [6.07, 6.45) is 1.66. The molecule has 1 unspecified atom stereocenters. The third-order valence-corrected chi connectivity index (χ3v) is 6.17. The summed E-state index contributed by atoms with van der Waals surface area (Å²) >= 11 is 7.57. The quantitative estimate of drug-likeness (QED) is 0.409. The summed E-state index contributed by atoms with van der Waals surface area (Å²) in [7, 11) is 1.47. The Morgan fingerprint density at radius 1 is 1.32 bits per heavy atom. The number of ether oxygens (including phenoxy) is 1. The summed E-state index contributed by atoms with van der Waals surface area (Å²) in [6.45, 7) is 4.41. The summed E-state index contributed by atoms with van der Waals surface area (Å²) < 4.78 is 5.32. The van der Waals surface area contributed by atoms with E-state index in [2.05, 4.69) is 0 Å². The number of carbonyl (C=O) groups is 2. The van der Waals surface area contributed by atoms with Crippen molar-refractivity contribution >= 4 is 40.4 Å². The molecular weight excluding hydrogens is 398 g/mol. The molecule has 1 aromatic carbocycles. The van der Waals surface area contributed by atoms with E-state index in [9.17, 15) is 14.7 Å². The van der Waals surface area contributed by atoms with Crippen molar-refractivity contribution in [2.24, 2.45) is 0 Å². The van der Waals surface area contributed by atoms with Gasteiger partial charge in [-0.3, -0.25) is 9.59 Å². The van der Waals surface area contributed by atoms with Crippen molar-refractivity contribution in [2.45, 2.75) is 32.7 Å². The maximum absolute atomic E-state index is 12.9. The van der Waals surface area contributed by atoms with Crippen LogP contribution in [0.5, 0.6) is 5.75 Å². The first kappa shape index (κ1) is 20.4. The predicted molar refractivity (Wildman–Crippen MR) is 111 cm³/mol. The second-order valence-corrected chi connectivity index (χ2v) is 8.04. The Morgan fingerprint density at radius 2 is 2.07 bits per heavy atom. The zero-order valence-electron chi connectivity index (χ0n) is 16.0. The smallest absolute Gasteiger partial charge is 0.295 e. The average molecular weight is 420 g/mol. The van der Waals surface area contributed by atoms with Gasteiger partial charge in [-0.25, -0.2) is 0 Å². The van der Waals surface area contributed by atoms with Gasteiger partial charge in [-0.1, -0.05) is 24.9 Å². The Labute approximate surface area is 173 Å². The lowest BCUT2D eigenvalue weighted by Crippen LogP contribution is -2.30. The lowest BCUT2D eigenvalue weighted by Gasteiger charge is -2.24. The second-order valence-electron chi connectivity index (χ2n) is 6.66. The summed E-state index contributed by atoms with van der Waals surface area (Å²) in [6, 6.07) is 6.12. The van der Waals surface area contributed by atoms with E-state index < -0.39 is 17.7 Å². The number of aryl methyl sites for hydroxylation is 1. The monoisotopic (exact) mass is 419 g/mol. The van der Waals surface area contributed by atoms with Gasteiger partial charge in [-0.05, 0) is 48.6 Å². The van der Waals surface area contributed by atoms with Crippen molar-refractivity contribution in [3.8, 4) is 5.75 Å². The zero-order valence-corrected chi connectivity index (χ0v) is 17.6. The summed E-state index contributed by atoms with van der Waals surface area (Å²) in [4.78, 5) is 28.1. The lowest BCUT2D eigenvalue weighted by atomic mass is 9.98. The lowest BCUT2D eigenvalue weighted by molar-refractivity contribution is -0.139. The Kier molecular flexibility index (Phi) is 6.10. The third kappa shape index (κ3) is 3.54. The van der Waals surface area contributed by atoms with Crippen LogP contribution < -0.4 is 4.74 Å². The minimum absolute atomic E-state index is 0.0761. The number of hydrogen-bond donors (Lipinski definition) is 1. The van der Waals surface area contributed by atoms with Crippen LogP contribution in [0, 0.1) is 6.92 Å². The number of carbonyl (C=O) groups excluding carboxylic acids is 2. The predicted octanol–water partition coefficient (Wildman–Crippen LogP) is 4.94. The molecule has 0 saturated carbocycles. The number of hydrogen-bond acceptors (Lipinski definition) is 5. The number of nitrogens with zero attached hydrogens (tertiary/aromatic N) is 1. The highest BCUT2D eigenvalue weighted by Crippen LogP contribution is 2.44. The van der Waals surface area contributed by atoms with E-state index in [4.69, 9.17) is 16.3 Å². The molecule has 0 aliphatic carbocycles. The fourth-order valence-electron chi connectivity index (χ4n) is 3.39. The highest BCUT2D eigenvalue weighted by molar-refractivity contribution is 7.10. The number of Topliss-reactive ketones (excluding diaryl/α,β-unsaturated/α-hetero) is 1. The molecule has 3 rings (SSSR count). The molecule has 1 atom stereocenters. The fraction of sp³-hybridized carbons (Fsp3) is 0.333. The first-order valence-electron chi connectivity index (χ1n) is 9.07.